The largest absolute Gasteiger partial charge is 0.494 e. The number of hydrogen-bond acceptors (Lipinski definition) is 2. The van der Waals surface area contributed by atoms with Crippen molar-refractivity contribution in [2.24, 2.45) is 0 Å². The van der Waals surface area contributed by atoms with Crippen LogP contribution in [0.4, 0.5) is 0 Å². The van der Waals surface area contributed by atoms with Crippen LogP contribution in [0.2, 0.25) is 0 Å². The quantitative estimate of drug-likeness (QED) is 0.840. The number of benzene rings is 1. The second-order valence-electron chi connectivity index (χ2n) is 5.54. The first-order chi connectivity index (χ1) is 9.79. The van der Waals surface area contributed by atoms with E-state index in [0.29, 0.717) is 0 Å². The van der Waals surface area contributed by atoms with Crippen LogP contribution in [0.25, 0.3) is 10.9 Å². The fourth-order valence-corrected chi connectivity index (χ4v) is 3.48. The molecule has 1 aromatic heterocycles. The van der Waals surface area contributed by atoms with Gasteiger partial charge < -0.3 is 9.30 Å². The van der Waals surface area contributed by atoms with Crippen molar-refractivity contribution < 1.29 is 9.31 Å². The van der Waals surface area contributed by atoms with Gasteiger partial charge in [-0.05, 0) is 30.7 Å². The normalized spacial score (nSPS) is 17.1. The first-order valence-electron chi connectivity index (χ1n) is 7.40. The van der Waals surface area contributed by atoms with Crippen molar-refractivity contribution in [1.29, 1.82) is 0 Å². The third-order valence-corrected chi connectivity index (χ3v) is 4.38. The van der Waals surface area contributed by atoms with Gasteiger partial charge in [-0.2, -0.15) is 0 Å². The van der Waals surface area contributed by atoms with Crippen molar-refractivity contribution >= 4 is 16.7 Å². The molecule has 0 aliphatic carbocycles. The number of amidine groups is 1. The highest BCUT2D eigenvalue weighted by Gasteiger charge is 2.32. The topological polar surface area (TPSA) is 29.2 Å². The zero-order valence-corrected chi connectivity index (χ0v) is 12.1. The molecule has 2 aliphatic rings. The van der Waals surface area contributed by atoms with E-state index in [1.807, 2.05) is 6.92 Å². The molecular formula is C16H20N3O+. The number of ether oxygens (including phenoxy) is 1. The maximum Gasteiger partial charge on any atom is 0.294 e. The lowest BCUT2D eigenvalue weighted by atomic mass is 10.0. The SMILES string of the molecule is CCOc1ccc2c(c1)c1c3n2CC[N+](C)=C3NCC1. The minimum atomic E-state index is 0.718. The Morgan fingerprint density at radius 1 is 1.40 bits per heavy atom. The van der Waals surface area contributed by atoms with Gasteiger partial charge in [0.25, 0.3) is 5.84 Å². The predicted molar refractivity (Wildman–Crippen MR) is 80.0 cm³/mol. The summed E-state index contributed by atoms with van der Waals surface area (Å²) in [6.45, 7) is 5.89. The van der Waals surface area contributed by atoms with Crippen molar-refractivity contribution in [2.45, 2.75) is 19.9 Å². The Labute approximate surface area is 118 Å². The maximum absolute atomic E-state index is 5.67. The minimum Gasteiger partial charge on any atom is -0.494 e. The third kappa shape index (κ3) is 1.51. The lowest BCUT2D eigenvalue weighted by Crippen LogP contribution is -2.44. The smallest absolute Gasteiger partial charge is 0.294 e. The molecule has 1 aromatic carbocycles. The van der Waals surface area contributed by atoms with E-state index in [2.05, 4.69) is 39.7 Å². The molecule has 0 radical (unpaired) electrons. The molecule has 4 rings (SSSR count). The molecule has 2 aromatic rings. The van der Waals surface area contributed by atoms with Gasteiger partial charge in [0.2, 0.25) is 0 Å². The molecule has 0 fully saturated rings. The second-order valence-corrected chi connectivity index (χ2v) is 5.54. The summed E-state index contributed by atoms with van der Waals surface area (Å²) in [7, 11) is 2.17. The van der Waals surface area contributed by atoms with Gasteiger partial charge in [0, 0.05) is 17.3 Å². The Hall–Kier alpha value is -1.97. The zero-order chi connectivity index (χ0) is 13.7. The summed E-state index contributed by atoms with van der Waals surface area (Å²) in [5.74, 6) is 2.26. The number of likely N-dealkylation sites (N-methyl/N-ethyl adjacent to an activating group) is 1. The molecule has 20 heavy (non-hydrogen) atoms. The van der Waals surface area contributed by atoms with Crippen LogP contribution >= 0.6 is 0 Å². The Morgan fingerprint density at radius 3 is 3.15 bits per heavy atom. The molecule has 4 nitrogen and oxygen atoms in total. The summed E-state index contributed by atoms with van der Waals surface area (Å²) in [6.07, 6.45) is 1.09. The Bertz CT molecular complexity index is 727. The molecule has 0 amide bonds. The predicted octanol–water partition coefficient (Wildman–Crippen LogP) is 1.59. The molecule has 104 valence electrons. The van der Waals surface area contributed by atoms with E-state index in [9.17, 15) is 0 Å². The lowest BCUT2D eigenvalue weighted by molar-refractivity contribution is -0.503. The van der Waals surface area contributed by atoms with Crippen LogP contribution in [0.3, 0.4) is 0 Å². The van der Waals surface area contributed by atoms with Crippen molar-refractivity contribution in [3.63, 3.8) is 0 Å². The summed E-state index contributed by atoms with van der Waals surface area (Å²) in [4.78, 5) is 0. The number of fused-ring (bicyclic) bond motifs is 3. The van der Waals surface area contributed by atoms with E-state index in [1.54, 1.807) is 0 Å². The van der Waals surface area contributed by atoms with Gasteiger partial charge in [-0.1, -0.05) is 0 Å². The van der Waals surface area contributed by atoms with Gasteiger partial charge in [0.05, 0.1) is 26.7 Å². The molecule has 0 spiro atoms. The summed E-state index contributed by atoms with van der Waals surface area (Å²) in [5.41, 5.74) is 4.20. The van der Waals surface area contributed by atoms with Crippen LogP contribution in [0, 0.1) is 0 Å². The van der Waals surface area contributed by atoms with Gasteiger partial charge >= 0.3 is 0 Å². The lowest BCUT2D eigenvalue weighted by Gasteiger charge is -2.22. The van der Waals surface area contributed by atoms with E-state index in [1.165, 1.54) is 28.0 Å². The number of nitrogens with one attached hydrogen (secondary N) is 1. The van der Waals surface area contributed by atoms with Crippen molar-refractivity contribution in [3.05, 3.63) is 29.5 Å². The van der Waals surface area contributed by atoms with Gasteiger partial charge in [0.15, 0.2) is 0 Å². The molecule has 0 atom stereocenters. The third-order valence-electron chi connectivity index (χ3n) is 4.38. The van der Waals surface area contributed by atoms with Gasteiger partial charge in [-0.3, -0.25) is 9.89 Å². The average molecular weight is 270 g/mol. The second kappa shape index (κ2) is 4.27. The van der Waals surface area contributed by atoms with Crippen LogP contribution < -0.4 is 10.1 Å². The molecule has 2 aliphatic heterocycles. The van der Waals surface area contributed by atoms with Crippen molar-refractivity contribution in [3.8, 4) is 5.75 Å². The van der Waals surface area contributed by atoms with E-state index in [4.69, 9.17) is 4.74 Å². The molecular weight excluding hydrogens is 250 g/mol. The summed E-state index contributed by atoms with van der Waals surface area (Å²) >= 11 is 0. The fourth-order valence-electron chi connectivity index (χ4n) is 3.48. The van der Waals surface area contributed by atoms with Gasteiger partial charge in [0.1, 0.15) is 18.0 Å². The molecule has 3 heterocycles. The summed E-state index contributed by atoms with van der Waals surface area (Å²) < 4.78 is 10.5. The zero-order valence-electron chi connectivity index (χ0n) is 12.1. The molecule has 0 saturated carbocycles. The molecule has 0 bridgehead atoms. The molecule has 4 heteroatoms. The molecule has 0 saturated heterocycles. The minimum absolute atomic E-state index is 0.718. The standard InChI is InChI=1S/C16H19N3O/c1-3-20-11-4-5-14-13(10-11)12-6-7-17-16-15(12)19(14)9-8-18(16)2/h4-5,10H,3,6-9H2,1-2H3/p+1. The van der Waals surface area contributed by atoms with Crippen molar-refractivity contribution in [1.82, 2.24) is 9.88 Å². The van der Waals surface area contributed by atoms with E-state index in [-0.39, 0.29) is 0 Å². The summed E-state index contributed by atoms with van der Waals surface area (Å²) in [5, 5.41) is 4.92. The number of aromatic nitrogens is 1. The highest BCUT2D eigenvalue weighted by molar-refractivity contribution is 6.04. The number of hydrogen-bond donors (Lipinski definition) is 1. The van der Waals surface area contributed by atoms with Gasteiger partial charge in [-0.25, -0.2) is 0 Å². The van der Waals surface area contributed by atoms with Crippen LogP contribution in [-0.2, 0) is 13.0 Å². The Balaban J connectivity index is 2.01. The molecule has 0 unspecified atom stereocenters. The van der Waals surface area contributed by atoms with E-state index < -0.39 is 0 Å². The van der Waals surface area contributed by atoms with Crippen LogP contribution in [0.5, 0.6) is 5.75 Å². The van der Waals surface area contributed by atoms with Crippen LogP contribution in [0.1, 0.15) is 18.2 Å². The average Bonchev–Trinajstić information content (AvgIpc) is 2.79. The van der Waals surface area contributed by atoms with Crippen LogP contribution in [-0.4, -0.2) is 41.7 Å². The first-order valence-corrected chi connectivity index (χ1v) is 7.40. The fraction of sp³-hybridized carbons (Fsp3) is 0.438. The Morgan fingerprint density at radius 2 is 2.30 bits per heavy atom. The first kappa shape index (κ1) is 11.8. The monoisotopic (exact) mass is 270 g/mol. The number of nitrogens with zero attached hydrogens (tertiary/aromatic N) is 2. The summed E-state index contributed by atoms with van der Waals surface area (Å²) in [6, 6.07) is 6.51. The van der Waals surface area contributed by atoms with E-state index in [0.717, 1.165) is 38.4 Å². The van der Waals surface area contributed by atoms with Gasteiger partial charge in [-0.15, -0.1) is 0 Å². The molecule has 1 N–H and O–H groups in total. The van der Waals surface area contributed by atoms with Crippen LogP contribution in [0.15, 0.2) is 18.2 Å². The maximum atomic E-state index is 5.67. The highest BCUT2D eigenvalue weighted by atomic mass is 16.5. The Kier molecular flexibility index (Phi) is 2.52. The number of rotatable bonds is 2. The highest BCUT2D eigenvalue weighted by Crippen LogP contribution is 2.32. The van der Waals surface area contributed by atoms with Crippen molar-refractivity contribution in [2.75, 3.05) is 26.7 Å². The van der Waals surface area contributed by atoms with E-state index >= 15 is 0 Å².